The van der Waals surface area contributed by atoms with E-state index in [0.717, 1.165) is 23.0 Å². The van der Waals surface area contributed by atoms with Crippen LogP contribution in [0.15, 0.2) is 54.7 Å². The van der Waals surface area contributed by atoms with Gasteiger partial charge in [-0.25, -0.2) is 18.9 Å². The van der Waals surface area contributed by atoms with Crippen molar-refractivity contribution >= 4 is 35.1 Å². The smallest absolute Gasteiger partial charge is 0.320 e. The SMILES string of the molecule is Cc1ccc(-n2nc(C(C)(C)C)cc2NC(=O)NCc2cc(F)cc(Cl)c2Oc2ccnc(Cl)n2)cc1. The number of halogens is 3. The number of ether oxygens (including phenoxy) is 1. The van der Waals surface area contributed by atoms with Crippen LogP contribution in [0.3, 0.4) is 0 Å². The summed E-state index contributed by atoms with van der Waals surface area (Å²) in [5.74, 6) is 0.159. The molecule has 8 nitrogen and oxygen atoms in total. The topological polar surface area (TPSA) is 94.0 Å². The van der Waals surface area contributed by atoms with E-state index in [-0.39, 0.29) is 33.9 Å². The number of aromatic nitrogens is 4. The zero-order valence-electron chi connectivity index (χ0n) is 20.6. The van der Waals surface area contributed by atoms with Crippen LogP contribution in [0.25, 0.3) is 5.69 Å². The molecule has 2 heterocycles. The molecule has 4 aromatic rings. The van der Waals surface area contributed by atoms with Gasteiger partial charge in [0.05, 0.1) is 16.4 Å². The van der Waals surface area contributed by atoms with Gasteiger partial charge in [0.2, 0.25) is 11.2 Å². The Hall–Kier alpha value is -3.69. The van der Waals surface area contributed by atoms with E-state index in [9.17, 15) is 9.18 Å². The monoisotopic (exact) mass is 542 g/mol. The van der Waals surface area contributed by atoms with Crippen molar-refractivity contribution in [3.63, 3.8) is 0 Å². The number of urea groups is 1. The molecule has 0 saturated carbocycles. The fourth-order valence-electron chi connectivity index (χ4n) is 3.40. The summed E-state index contributed by atoms with van der Waals surface area (Å²) < 4.78 is 21.5. The van der Waals surface area contributed by atoms with Crippen molar-refractivity contribution in [2.75, 3.05) is 5.32 Å². The summed E-state index contributed by atoms with van der Waals surface area (Å²) in [6, 6.07) is 12.9. The zero-order valence-corrected chi connectivity index (χ0v) is 22.2. The number of benzene rings is 2. The van der Waals surface area contributed by atoms with Gasteiger partial charge in [0.1, 0.15) is 11.6 Å². The first-order chi connectivity index (χ1) is 17.5. The minimum Gasteiger partial charge on any atom is -0.437 e. The van der Waals surface area contributed by atoms with Crippen LogP contribution in [0.4, 0.5) is 15.0 Å². The van der Waals surface area contributed by atoms with Crippen molar-refractivity contribution in [3.8, 4) is 17.3 Å². The average molecular weight is 543 g/mol. The number of carbonyl (C=O) groups is 1. The summed E-state index contributed by atoms with van der Waals surface area (Å²) in [4.78, 5) is 20.7. The van der Waals surface area contributed by atoms with Gasteiger partial charge in [-0.15, -0.1) is 0 Å². The van der Waals surface area contributed by atoms with Crippen LogP contribution >= 0.6 is 23.2 Å². The first-order valence-corrected chi connectivity index (χ1v) is 12.1. The Morgan fingerprint density at radius 1 is 1.11 bits per heavy atom. The lowest BCUT2D eigenvalue weighted by Crippen LogP contribution is -2.29. The maximum Gasteiger partial charge on any atom is 0.320 e. The third kappa shape index (κ3) is 6.55. The molecule has 2 N–H and O–H groups in total. The summed E-state index contributed by atoms with van der Waals surface area (Å²) in [7, 11) is 0. The summed E-state index contributed by atoms with van der Waals surface area (Å²) in [5.41, 5.74) is 2.77. The van der Waals surface area contributed by atoms with Gasteiger partial charge in [0, 0.05) is 35.9 Å². The Balaban J connectivity index is 1.55. The first-order valence-electron chi connectivity index (χ1n) is 11.4. The molecule has 0 bridgehead atoms. The van der Waals surface area contributed by atoms with Crippen LogP contribution in [0, 0.1) is 12.7 Å². The van der Waals surface area contributed by atoms with E-state index in [4.69, 9.17) is 33.0 Å². The second-order valence-corrected chi connectivity index (χ2v) is 10.1. The fourth-order valence-corrected chi connectivity index (χ4v) is 3.80. The van der Waals surface area contributed by atoms with Gasteiger partial charge in [-0.1, -0.05) is 50.1 Å². The summed E-state index contributed by atoms with van der Waals surface area (Å²) in [6.45, 7) is 8.04. The maximum atomic E-state index is 14.1. The molecule has 0 fully saturated rings. The van der Waals surface area contributed by atoms with Crippen LogP contribution in [-0.2, 0) is 12.0 Å². The molecule has 0 radical (unpaired) electrons. The molecule has 2 aromatic carbocycles. The van der Waals surface area contributed by atoms with Crippen LogP contribution in [0.1, 0.15) is 37.6 Å². The molecule has 0 aliphatic carbocycles. The standard InChI is InChI=1S/C26H25Cl2FN6O2/c1-15-5-7-18(8-6-15)35-21(13-20(34-35)26(2,3)4)32-25(36)31-14-16-11-17(29)12-19(27)23(16)37-22-9-10-30-24(28)33-22/h5-13H,14H2,1-4H3,(H2,31,32,36). The molecule has 192 valence electrons. The maximum absolute atomic E-state index is 14.1. The Kier molecular flexibility index (Phi) is 7.65. The third-order valence-corrected chi connectivity index (χ3v) is 5.79. The van der Waals surface area contributed by atoms with Gasteiger partial charge in [0.15, 0.2) is 5.75 Å². The molecule has 0 saturated heterocycles. The van der Waals surface area contributed by atoms with Crippen molar-refractivity contribution < 1.29 is 13.9 Å². The van der Waals surface area contributed by atoms with E-state index in [1.54, 1.807) is 4.68 Å². The summed E-state index contributed by atoms with van der Waals surface area (Å²) in [5, 5.41) is 10.3. The lowest BCUT2D eigenvalue weighted by atomic mass is 9.92. The van der Waals surface area contributed by atoms with Crippen LogP contribution in [0.2, 0.25) is 10.3 Å². The number of nitrogens with zero attached hydrogens (tertiary/aromatic N) is 4. The number of amides is 2. The fraction of sp³-hybridized carbons (Fsp3) is 0.231. The highest BCUT2D eigenvalue weighted by molar-refractivity contribution is 6.32. The van der Waals surface area contributed by atoms with E-state index in [0.29, 0.717) is 11.4 Å². The van der Waals surface area contributed by atoms with E-state index >= 15 is 0 Å². The number of rotatable bonds is 6. The molecule has 2 amide bonds. The molecular weight excluding hydrogens is 518 g/mol. The van der Waals surface area contributed by atoms with Crippen LogP contribution < -0.4 is 15.4 Å². The van der Waals surface area contributed by atoms with E-state index in [1.165, 1.54) is 18.3 Å². The highest BCUT2D eigenvalue weighted by Gasteiger charge is 2.22. The van der Waals surface area contributed by atoms with Gasteiger partial charge in [-0.05, 0) is 42.8 Å². The number of anilines is 1. The molecule has 0 aliphatic heterocycles. The largest absolute Gasteiger partial charge is 0.437 e. The minimum atomic E-state index is -0.581. The predicted molar refractivity (Wildman–Crippen MR) is 141 cm³/mol. The van der Waals surface area contributed by atoms with Crippen molar-refractivity contribution in [2.24, 2.45) is 0 Å². The quantitative estimate of drug-likeness (QED) is 0.260. The van der Waals surface area contributed by atoms with E-state index in [2.05, 4.69) is 20.6 Å². The average Bonchev–Trinajstić information content (AvgIpc) is 3.24. The zero-order chi connectivity index (χ0) is 26.7. The van der Waals surface area contributed by atoms with Crippen LogP contribution in [-0.4, -0.2) is 25.8 Å². The Bertz CT molecular complexity index is 1430. The molecule has 0 unspecified atom stereocenters. The second-order valence-electron chi connectivity index (χ2n) is 9.36. The Morgan fingerprint density at radius 2 is 1.84 bits per heavy atom. The molecule has 4 rings (SSSR count). The molecule has 0 spiro atoms. The van der Waals surface area contributed by atoms with Gasteiger partial charge < -0.3 is 10.1 Å². The normalized spacial score (nSPS) is 11.3. The Labute approximate surface area is 223 Å². The first kappa shape index (κ1) is 26.4. The molecule has 37 heavy (non-hydrogen) atoms. The number of aryl methyl sites for hydroxylation is 1. The highest BCUT2D eigenvalue weighted by Crippen LogP contribution is 2.34. The lowest BCUT2D eigenvalue weighted by molar-refractivity contribution is 0.251. The predicted octanol–water partition coefficient (Wildman–Crippen LogP) is 6.83. The Morgan fingerprint density at radius 3 is 2.51 bits per heavy atom. The van der Waals surface area contributed by atoms with Gasteiger partial charge in [0.25, 0.3) is 0 Å². The van der Waals surface area contributed by atoms with Gasteiger partial charge in [-0.3, -0.25) is 5.32 Å². The third-order valence-electron chi connectivity index (χ3n) is 5.33. The van der Waals surface area contributed by atoms with Crippen molar-refractivity contribution in [1.82, 2.24) is 25.1 Å². The summed E-state index contributed by atoms with van der Waals surface area (Å²) >= 11 is 12.1. The molecule has 11 heteroatoms. The molecule has 2 aromatic heterocycles. The van der Waals surface area contributed by atoms with Gasteiger partial charge in [-0.2, -0.15) is 10.1 Å². The van der Waals surface area contributed by atoms with Crippen molar-refractivity contribution in [3.05, 3.63) is 87.7 Å². The number of nitrogens with one attached hydrogen (secondary N) is 2. The minimum absolute atomic E-state index is 0.0132. The molecule has 0 aliphatic rings. The number of carbonyl (C=O) groups excluding carboxylic acids is 1. The van der Waals surface area contributed by atoms with Crippen molar-refractivity contribution in [1.29, 1.82) is 0 Å². The molecule has 0 atom stereocenters. The number of hydrogen-bond donors (Lipinski definition) is 2. The van der Waals surface area contributed by atoms with Gasteiger partial charge >= 0.3 is 6.03 Å². The van der Waals surface area contributed by atoms with E-state index in [1.807, 2.05) is 58.0 Å². The highest BCUT2D eigenvalue weighted by atomic mass is 35.5. The van der Waals surface area contributed by atoms with Crippen molar-refractivity contribution in [2.45, 2.75) is 39.7 Å². The number of hydrogen-bond acceptors (Lipinski definition) is 5. The van der Waals surface area contributed by atoms with Crippen LogP contribution in [0.5, 0.6) is 11.6 Å². The lowest BCUT2D eigenvalue weighted by Gasteiger charge is -2.14. The summed E-state index contributed by atoms with van der Waals surface area (Å²) in [6.07, 6.45) is 1.41. The second kappa shape index (κ2) is 10.7. The molecular formula is C26H25Cl2FN6O2. The van der Waals surface area contributed by atoms with E-state index < -0.39 is 11.8 Å².